The van der Waals surface area contributed by atoms with Gasteiger partial charge in [-0.1, -0.05) is 13.8 Å². The second-order valence-corrected chi connectivity index (χ2v) is 6.60. The molecule has 20 heavy (non-hydrogen) atoms. The Kier molecular flexibility index (Phi) is 5.44. The van der Waals surface area contributed by atoms with E-state index in [1.165, 1.54) is 19.4 Å². The van der Waals surface area contributed by atoms with Gasteiger partial charge >= 0.3 is 5.97 Å². The molecule has 2 rings (SSSR count). The molecule has 0 radical (unpaired) electrons. The SMILES string of the molecule is CCN(CCCC(CC)(NC1CC1)C(=O)O)CC1CC1. The average Bonchev–Trinajstić information content (AvgIpc) is 3.31. The lowest BCUT2D eigenvalue weighted by molar-refractivity contribution is -0.145. The highest BCUT2D eigenvalue weighted by Gasteiger charge is 2.40. The minimum absolute atomic E-state index is 0.444. The van der Waals surface area contributed by atoms with Crippen molar-refractivity contribution < 1.29 is 9.90 Å². The number of carbonyl (C=O) groups is 1. The van der Waals surface area contributed by atoms with Gasteiger partial charge in [0, 0.05) is 12.6 Å². The summed E-state index contributed by atoms with van der Waals surface area (Å²) in [6.45, 7) is 7.52. The van der Waals surface area contributed by atoms with Crippen LogP contribution in [0.5, 0.6) is 0 Å². The summed E-state index contributed by atoms with van der Waals surface area (Å²) in [5, 5.41) is 13.0. The number of hydrogen-bond donors (Lipinski definition) is 2. The molecule has 1 atom stereocenters. The average molecular weight is 282 g/mol. The summed E-state index contributed by atoms with van der Waals surface area (Å²) >= 11 is 0. The summed E-state index contributed by atoms with van der Waals surface area (Å²) in [6.07, 6.45) is 7.43. The van der Waals surface area contributed by atoms with Gasteiger partial charge in [-0.3, -0.25) is 10.1 Å². The molecular weight excluding hydrogens is 252 g/mol. The third-order valence-electron chi connectivity index (χ3n) is 4.81. The monoisotopic (exact) mass is 282 g/mol. The van der Waals surface area contributed by atoms with Crippen LogP contribution in [0.25, 0.3) is 0 Å². The van der Waals surface area contributed by atoms with E-state index in [1.54, 1.807) is 0 Å². The Hall–Kier alpha value is -0.610. The van der Waals surface area contributed by atoms with Crippen molar-refractivity contribution in [3.05, 3.63) is 0 Å². The Morgan fingerprint density at radius 1 is 1.30 bits per heavy atom. The largest absolute Gasteiger partial charge is 0.480 e. The minimum Gasteiger partial charge on any atom is -0.480 e. The lowest BCUT2D eigenvalue weighted by atomic mass is 9.90. The van der Waals surface area contributed by atoms with Crippen LogP contribution in [0.3, 0.4) is 0 Å². The fourth-order valence-corrected chi connectivity index (χ4v) is 2.94. The first-order valence-corrected chi connectivity index (χ1v) is 8.33. The van der Waals surface area contributed by atoms with Gasteiger partial charge in [-0.15, -0.1) is 0 Å². The van der Waals surface area contributed by atoms with Crippen LogP contribution >= 0.6 is 0 Å². The molecule has 0 aromatic rings. The summed E-state index contributed by atoms with van der Waals surface area (Å²) in [4.78, 5) is 14.2. The molecule has 116 valence electrons. The highest BCUT2D eigenvalue weighted by atomic mass is 16.4. The van der Waals surface area contributed by atoms with Crippen LogP contribution < -0.4 is 5.32 Å². The Labute approximate surface area is 122 Å². The van der Waals surface area contributed by atoms with E-state index in [9.17, 15) is 9.90 Å². The van der Waals surface area contributed by atoms with Crippen LogP contribution in [-0.4, -0.2) is 47.2 Å². The molecule has 0 aromatic carbocycles. The maximum Gasteiger partial charge on any atom is 0.323 e. The van der Waals surface area contributed by atoms with Crippen LogP contribution in [0.1, 0.15) is 58.8 Å². The van der Waals surface area contributed by atoms with E-state index >= 15 is 0 Å². The van der Waals surface area contributed by atoms with Gasteiger partial charge < -0.3 is 10.0 Å². The first-order chi connectivity index (χ1) is 9.59. The van der Waals surface area contributed by atoms with Gasteiger partial charge in [-0.25, -0.2) is 0 Å². The number of rotatable bonds is 11. The number of aliphatic carboxylic acids is 1. The standard InChI is InChI=1S/C16H30N2O2/c1-3-16(15(19)20,17-14-8-9-14)10-5-11-18(4-2)12-13-6-7-13/h13-14,17H,3-12H2,1-2H3,(H,19,20). The zero-order chi connectivity index (χ0) is 14.6. The molecule has 0 saturated heterocycles. The summed E-state index contributed by atoms with van der Waals surface area (Å²) in [5.41, 5.74) is -0.694. The lowest BCUT2D eigenvalue weighted by Gasteiger charge is -2.31. The molecule has 1 unspecified atom stereocenters. The van der Waals surface area contributed by atoms with Gasteiger partial charge in [0.25, 0.3) is 0 Å². The molecule has 4 heteroatoms. The fraction of sp³-hybridized carbons (Fsp3) is 0.938. The van der Waals surface area contributed by atoms with Crippen LogP contribution in [0, 0.1) is 5.92 Å². The summed E-state index contributed by atoms with van der Waals surface area (Å²) in [6, 6.07) is 0.444. The second kappa shape index (κ2) is 6.90. The van der Waals surface area contributed by atoms with Gasteiger partial charge in [-0.05, 0) is 64.0 Å². The van der Waals surface area contributed by atoms with Crippen molar-refractivity contribution in [2.45, 2.75) is 70.4 Å². The van der Waals surface area contributed by atoms with Crippen molar-refractivity contribution in [1.29, 1.82) is 0 Å². The smallest absolute Gasteiger partial charge is 0.323 e. The van der Waals surface area contributed by atoms with E-state index in [-0.39, 0.29) is 0 Å². The molecule has 4 nitrogen and oxygen atoms in total. The Bertz CT molecular complexity index is 326. The summed E-state index contributed by atoms with van der Waals surface area (Å²) < 4.78 is 0. The van der Waals surface area contributed by atoms with Crippen molar-refractivity contribution in [3.8, 4) is 0 Å². The number of carboxylic acids is 1. The van der Waals surface area contributed by atoms with E-state index in [2.05, 4.69) is 17.1 Å². The molecule has 0 heterocycles. The Morgan fingerprint density at radius 2 is 2.00 bits per heavy atom. The minimum atomic E-state index is -0.694. The highest BCUT2D eigenvalue weighted by Crippen LogP contribution is 2.30. The maximum absolute atomic E-state index is 11.7. The summed E-state index contributed by atoms with van der Waals surface area (Å²) in [7, 11) is 0. The van der Waals surface area contributed by atoms with Gasteiger partial charge in [0.15, 0.2) is 0 Å². The van der Waals surface area contributed by atoms with E-state index < -0.39 is 11.5 Å². The van der Waals surface area contributed by atoms with Crippen molar-refractivity contribution >= 4 is 5.97 Å². The van der Waals surface area contributed by atoms with Crippen molar-refractivity contribution in [2.24, 2.45) is 5.92 Å². The topological polar surface area (TPSA) is 52.6 Å². The molecule has 2 aliphatic rings. The molecule has 0 bridgehead atoms. The second-order valence-electron chi connectivity index (χ2n) is 6.60. The lowest BCUT2D eigenvalue weighted by Crippen LogP contribution is -2.53. The molecular formula is C16H30N2O2. The molecule has 0 amide bonds. The van der Waals surface area contributed by atoms with Crippen LogP contribution in [-0.2, 0) is 4.79 Å². The first kappa shape index (κ1) is 15.8. The van der Waals surface area contributed by atoms with Crippen molar-refractivity contribution in [3.63, 3.8) is 0 Å². The predicted molar refractivity (Wildman–Crippen MR) is 80.9 cm³/mol. The van der Waals surface area contributed by atoms with E-state index in [4.69, 9.17) is 0 Å². The Balaban J connectivity index is 1.78. The van der Waals surface area contributed by atoms with E-state index in [0.29, 0.717) is 12.5 Å². The number of hydrogen-bond acceptors (Lipinski definition) is 3. The molecule has 2 aliphatic carbocycles. The van der Waals surface area contributed by atoms with Gasteiger partial charge in [0.2, 0.25) is 0 Å². The van der Waals surface area contributed by atoms with Crippen LogP contribution in [0.2, 0.25) is 0 Å². The molecule has 2 saturated carbocycles. The van der Waals surface area contributed by atoms with Gasteiger partial charge in [0.1, 0.15) is 5.54 Å². The van der Waals surface area contributed by atoms with Crippen LogP contribution in [0.15, 0.2) is 0 Å². The highest BCUT2D eigenvalue weighted by molar-refractivity contribution is 5.78. The van der Waals surface area contributed by atoms with Crippen molar-refractivity contribution in [1.82, 2.24) is 10.2 Å². The van der Waals surface area contributed by atoms with Gasteiger partial charge in [0.05, 0.1) is 0 Å². The van der Waals surface area contributed by atoms with Crippen LogP contribution in [0.4, 0.5) is 0 Å². The molecule has 0 aliphatic heterocycles. The first-order valence-electron chi connectivity index (χ1n) is 8.33. The third kappa shape index (κ3) is 4.45. The maximum atomic E-state index is 11.7. The van der Waals surface area contributed by atoms with Crippen molar-refractivity contribution in [2.75, 3.05) is 19.6 Å². The summed E-state index contributed by atoms with van der Waals surface area (Å²) in [5.74, 6) is 0.243. The Morgan fingerprint density at radius 3 is 2.45 bits per heavy atom. The van der Waals surface area contributed by atoms with Gasteiger partial charge in [-0.2, -0.15) is 0 Å². The predicted octanol–water partition coefficient (Wildman–Crippen LogP) is 2.48. The number of nitrogens with zero attached hydrogens (tertiary/aromatic N) is 1. The van der Waals surface area contributed by atoms with E-state index in [1.807, 2.05) is 6.92 Å². The normalized spacial score (nSPS) is 21.9. The third-order valence-corrected chi connectivity index (χ3v) is 4.81. The fourth-order valence-electron chi connectivity index (χ4n) is 2.94. The molecule has 0 spiro atoms. The number of nitrogens with one attached hydrogen (secondary N) is 1. The number of carboxylic acid groups (broad SMARTS) is 1. The molecule has 2 N–H and O–H groups in total. The molecule has 2 fully saturated rings. The van der Waals surface area contributed by atoms with E-state index in [0.717, 1.165) is 44.7 Å². The zero-order valence-electron chi connectivity index (χ0n) is 13.0. The zero-order valence-corrected chi connectivity index (χ0v) is 13.0. The molecule has 0 aromatic heterocycles. The quantitative estimate of drug-likeness (QED) is 0.611.